The number of amides is 1. The first kappa shape index (κ1) is 25.2. The van der Waals surface area contributed by atoms with E-state index < -0.39 is 0 Å². The maximum Gasteiger partial charge on any atom is 0.253 e. The molecular weight excluding hydrogens is 505 g/mol. The summed E-state index contributed by atoms with van der Waals surface area (Å²) in [5.74, 6) is 1.77. The molecule has 3 rings (SSSR count). The van der Waals surface area contributed by atoms with Gasteiger partial charge in [-0.15, -0.1) is 24.0 Å². The second-order valence-corrected chi connectivity index (χ2v) is 7.75. The minimum Gasteiger partial charge on any atom is -0.468 e. The van der Waals surface area contributed by atoms with E-state index in [1.807, 2.05) is 36.4 Å². The Bertz CT molecular complexity index is 815. The summed E-state index contributed by atoms with van der Waals surface area (Å²) in [6.45, 7) is 6.31. The van der Waals surface area contributed by atoms with E-state index in [9.17, 15) is 4.79 Å². The zero-order valence-corrected chi connectivity index (χ0v) is 21.0. The highest BCUT2D eigenvalue weighted by atomic mass is 127. The van der Waals surface area contributed by atoms with E-state index >= 15 is 0 Å². The summed E-state index contributed by atoms with van der Waals surface area (Å²) in [7, 11) is 3.51. The molecule has 8 heteroatoms. The monoisotopic (exact) mass is 539 g/mol. The number of benzene rings is 1. The molecule has 1 atom stereocenters. The highest BCUT2D eigenvalue weighted by molar-refractivity contribution is 14.0. The largest absolute Gasteiger partial charge is 0.468 e. The van der Waals surface area contributed by atoms with Crippen LogP contribution >= 0.6 is 24.0 Å². The highest BCUT2D eigenvalue weighted by Gasteiger charge is 2.25. The molecule has 1 amide bonds. The van der Waals surface area contributed by atoms with Crippen LogP contribution in [0.4, 0.5) is 0 Å². The molecule has 0 bridgehead atoms. The van der Waals surface area contributed by atoms with E-state index in [1.54, 1.807) is 25.3 Å². The van der Waals surface area contributed by atoms with Crippen molar-refractivity contribution in [3.05, 3.63) is 59.5 Å². The fourth-order valence-corrected chi connectivity index (χ4v) is 3.66. The minimum absolute atomic E-state index is 0. The van der Waals surface area contributed by atoms with Crippen molar-refractivity contribution < 1.29 is 9.21 Å². The number of guanidine groups is 1. The van der Waals surface area contributed by atoms with Gasteiger partial charge in [0.25, 0.3) is 5.91 Å². The first-order chi connectivity index (χ1) is 14.6. The molecule has 0 spiro atoms. The zero-order chi connectivity index (χ0) is 21.3. The summed E-state index contributed by atoms with van der Waals surface area (Å²) in [5, 5.41) is 6.79. The summed E-state index contributed by atoms with van der Waals surface area (Å²) in [6.07, 6.45) is 4.21. The van der Waals surface area contributed by atoms with Gasteiger partial charge in [-0.1, -0.05) is 12.1 Å². The van der Waals surface area contributed by atoms with Crippen molar-refractivity contribution >= 4 is 35.8 Å². The molecule has 1 saturated heterocycles. The van der Waals surface area contributed by atoms with Crippen LogP contribution in [-0.2, 0) is 6.54 Å². The van der Waals surface area contributed by atoms with Crippen molar-refractivity contribution in [1.29, 1.82) is 0 Å². The molecule has 0 saturated carbocycles. The van der Waals surface area contributed by atoms with E-state index in [-0.39, 0.29) is 35.9 Å². The molecule has 1 aromatic heterocycles. The maximum atomic E-state index is 12.0. The van der Waals surface area contributed by atoms with E-state index in [1.165, 1.54) is 12.8 Å². The third-order valence-corrected chi connectivity index (χ3v) is 5.29. The number of hydrogen-bond donors (Lipinski definition) is 2. The summed E-state index contributed by atoms with van der Waals surface area (Å²) in [4.78, 5) is 20.8. The zero-order valence-electron chi connectivity index (χ0n) is 18.6. The van der Waals surface area contributed by atoms with Crippen molar-refractivity contribution in [1.82, 2.24) is 20.4 Å². The number of hydrogen-bond acceptors (Lipinski definition) is 4. The average Bonchev–Trinajstić information content (AvgIpc) is 3.47. The highest BCUT2D eigenvalue weighted by Crippen LogP contribution is 2.24. The summed E-state index contributed by atoms with van der Waals surface area (Å²) in [6, 6.07) is 11.8. The van der Waals surface area contributed by atoms with Gasteiger partial charge in [0, 0.05) is 32.7 Å². The van der Waals surface area contributed by atoms with Gasteiger partial charge in [-0.3, -0.25) is 9.69 Å². The Balaban J connectivity index is 0.00000341. The molecule has 2 heterocycles. The predicted molar refractivity (Wildman–Crippen MR) is 135 cm³/mol. The van der Waals surface area contributed by atoms with Crippen molar-refractivity contribution in [3.63, 3.8) is 0 Å². The lowest BCUT2D eigenvalue weighted by Crippen LogP contribution is -2.42. The Morgan fingerprint density at radius 2 is 1.87 bits per heavy atom. The van der Waals surface area contributed by atoms with Crippen LogP contribution in [0.1, 0.15) is 47.5 Å². The van der Waals surface area contributed by atoms with Crippen LogP contribution in [0.5, 0.6) is 0 Å². The molecule has 1 aromatic carbocycles. The third kappa shape index (κ3) is 7.24. The van der Waals surface area contributed by atoms with Gasteiger partial charge >= 0.3 is 0 Å². The molecule has 0 aliphatic carbocycles. The number of furan rings is 1. The summed E-state index contributed by atoms with van der Waals surface area (Å²) < 4.78 is 5.70. The molecule has 1 fully saturated rings. The number of likely N-dealkylation sites (tertiary alicyclic amines) is 1. The lowest BCUT2D eigenvalue weighted by atomic mass is 10.1. The topological polar surface area (TPSA) is 73.1 Å². The van der Waals surface area contributed by atoms with Crippen molar-refractivity contribution in [2.45, 2.75) is 32.4 Å². The standard InChI is InChI=1S/C23H33N5O2.HI/c1-4-24-23(25-16-18-9-11-19(12-10-18)22(29)27(2)3)26-17-20(21-8-7-15-30-21)28-13-5-6-14-28;/h7-12,15,20H,4-6,13-14,16-17H2,1-3H3,(H2,24,25,26);1H. The van der Waals surface area contributed by atoms with Crippen LogP contribution in [-0.4, -0.2) is 61.9 Å². The number of carbonyl (C=O) groups excluding carboxylic acids is 1. The third-order valence-electron chi connectivity index (χ3n) is 5.29. The maximum absolute atomic E-state index is 12.0. The van der Waals surface area contributed by atoms with Gasteiger partial charge in [0.1, 0.15) is 5.76 Å². The minimum atomic E-state index is 0. The molecule has 170 valence electrons. The second kappa shape index (κ2) is 12.7. The van der Waals surface area contributed by atoms with Gasteiger partial charge < -0.3 is 20.0 Å². The molecule has 1 aliphatic heterocycles. The number of nitrogens with zero attached hydrogens (tertiary/aromatic N) is 3. The summed E-state index contributed by atoms with van der Waals surface area (Å²) >= 11 is 0. The lowest BCUT2D eigenvalue weighted by Gasteiger charge is -2.26. The normalized spacial score (nSPS) is 15.3. The van der Waals surface area contributed by atoms with Crippen molar-refractivity contribution in [3.8, 4) is 0 Å². The van der Waals surface area contributed by atoms with Crippen LogP contribution in [0.15, 0.2) is 52.1 Å². The SMILES string of the molecule is CCNC(=NCc1ccc(C(=O)N(C)C)cc1)NCC(c1ccco1)N1CCCC1.I. The molecule has 2 aromatic rings. The molecule has 0 radical (unpaired) electrons. The van der Waals surface area contributed by atoms with Gasteiger partial charge in [-0.2, -0.15) is 0 Å². The molecule has 31 heavy (non-hydrogen) atoms. The summed E-state index contributed by atoms with van der Waals surface area (Å²) in [5.41, 5.74) is 1.74. The Morgan fingerprint density at radius 3 is 2.45 bits per heavy atom. The lowest BCUT2D eigenvalue weighted by molar-refractivity contribution is 0.0827. The molecule has 1 unspecified atom stereocenters. The fraction of sp³-hybridized carbons (Fsp3) is 0.478. The molecule has 1 aliphatic rings. The Kier molecular flexibility index (Phi) is 10.3. The van der Waals surface area contributed by atoms with Crippen LogP contribution < -0.4 is 10.6 Å². The van der Waals surface area contributed by atoms with E-state index in [2.05, 4.69) is 22.5 Å². The molecule has 7 nitrogen and oxygen atoms in total. The molecule has 2 N–H and O–H groups in total. The van der Waals surface area contributed by atoms with Crippen molar-refractivity contribution in [2.75, 3.05) is 40.3 Å². The van der Waals surface area contributed by atoms with Gasteiger partial charge in [-0.25, -0.2) is 4.99 Å². The van der Waals surface area contributed by atoms with Gasteiger partial charge in [0.15, 0.2) is 5.96 Å². The van der Waals surface area contributed by atoms with E-state index in [0.29, 0.717) is 12.1 Å². The molecular formula is C23H34IN5O2. The second-order valence-electron chi connectivity index (χ2n) is 7.75. The van der Waals surface area contributed by atoms with Crippen LogP contribution in [0.3, 0.4) is 0 Å². The Hall–Kier alpha value is -2.07. The first-order valence-corrected chi connectivity index (χ1v) is 10.7. The smallest absolute Gasteiger partial charge is 0.253 e. The Morgan fingerprint density at radius 1 is 1.16 bits per heavy atom. The Labute approximate surface area is 202 Å². The number of nitrogens with one attached hydrogen (secondary N) is 2. The van der Waals surface area contributed by atoms with E-state index in [4.69, 9.17) is 9.41 Å². The quantitative estimate of drug-likeness (QED) is 0.306. The van der Waals surface area contributed by atoms with Gasteiger partial charge in [-0.05, 0) is 62.7 Å². The number of aliphatic imine (C=N–C) groups is 1. The first-order valence-electron chi connectivity index (χ1n) is 10.7. The van der Waals surface area contributed by atoms with Gasteiger partial charge in [0.05, 0.1) is 18.8 Å². The predicted octanol–water partition coefficient (Wildman–Crippen LogP) is 3.49. The van der Waals surface area contributed by atoms with E-state index in [0.717, 1.165) is 43.5 Å². The number of carbonyl (C=O) groups is 1. The number of halogens is 1. The van der Waals surface area contributed by atoms with Crippen molar-refractivity contribution in [2.24, 2.45) is 4.99 Å². The van der Waals surface area contributed by atoms with Crippen LogP contribution in [0, 0.1) is 0 Å². The number of rotatable bonds is 8. The van der Waals surface area contributed by atoms with Gasteiger partial charge in [0.2, 0.25) is 0 Å². The van der Waals surface area contributed by atoms with Crippen LogP contribution in [0.2, 0.25) is 0 Å². The fourth-order valence-electron chi connectivity index (χ4n) is 3.66. The van der Waals surface area contributed by atoms with Crippen LogP contribution in [0.25, 0.3) is 0 Å². The average molecular weight is 539 g/mol.